The lowest BCUT2D eigenvalue weighted by atomic mass is 9.78. The smallest absolute Gasteiger partial charge is 0.329 e. The third-order valence-electron chi connectivity index (χ3n) is 15.4. The van der Waals surface area contributed by atoms with Crippen molar-refractivity contribution < 1.29 is 58.5 Å². The van der Waals surface area contributed by atoms with Crippen LogP contribution in [0.3, 0.4) is 0 Å². The molecule has 65 heavy (non-hydrogen) atoms. The fraction of sp³-hybridized carbons (Fsp3) is 0.788. The van der Waals surface area contributed by atoms with Crippen LogP contribution in [0.4, 0.5) is 0 Å². The van der Waals surface area contributed by atoms with Gasteiger partial charge in [-0.05, 0) is 119 Å². The quantitative estimate of drug-likeness (QED) is 0.121. The number of carbonyl (C=O) groups is 3. The third-order valence-corrected chi connectivity index (χ3v) is 15.4. The van der Waals surface area contributed by atoms with Crippen molar-refractivity contribution in [1.29, 1.82) is 0 Å². The molecule has 0 radical (unpaired) electrons. The highest BCUT2D eigenvalue weighted by Crippen LogP contribution is 2.38. The number of aliphatic hydroxyl groups is 4. The van der Waals surface area contributed by atoms with Gasteiger partial charge in [-0.3, -0.25) is 9.59 Å². The number of methoxy groups -OCH3 is 3. The van der Waals surface area contributed by atoms with E-state index in [1.807, 2.05) is 58.1 Å². The molecule has 13 nitrogen and oxygen atoms in total. The number of allylic oxidation sites excluding steroid dienone is 5. The number of aliphatic hydroxyl groups excluding tert-OH is 3. The van der Waals surface area contributed by atoms with Gasteiger partial charge >= 0.3 is 5.97 Å². The summed E-state index contributed by atoms with van der Waals surface area (Å²) >= 11 is 0. The first-order valence-electron chi connectivity index (χ1n) is 24.5. The summed E-state index contributed by atoms with van der Waals surface area (Å²) in [6, 6.07) is -1.08. The number of rotatable bonds is 6. The van der Waals surface area contributed by atoms with Gasteiger partial charge in [0.2, 0.25) is 5.79 Å². The number of ether oxygens (including phenoxy) is 5. The molecule has 0 spiro atoms. The molecule has 17 atom stereocenters. The van der Waals surface area contributed by atoms with Crippen molar-refractivity contribution in [2.45, 2.75) is 193 Å². The Morgan fingerprint density at radius 3 is 2.22 bits per heavy atom. The Kier molecular flexibility index (Phi) is 21.6. The molecule has 370 valence electrons. The van der Waals surface area contributed by atoms with Gasteiger partial charge in [-0.25, -0.2) is 4.79 Å². The molecule has 4 rings (SSSR count). The Bertz CT molecular complexity index is 1660. The first-order chi connectivity index (χ1) is 30.7. The van der Waals surface area contributed by atoms with Crippen LogP contribution in [-0.2, 0) is 38.1 Å². The van der Waals surface area contributed by atoms with E-state index >= 15 is 0 Å². The first kappa shape index (κ1) is 54.9. The second-order valence-electron chi connectivity index (χ2n) is 20.4. The van der Waals surface area contributed by atoms with E-state index in [9.17, 15) is 34.8 Å². The van der Waals surface area contributed by atoms with Gasteiger partial charge in [0.05, 0.1) is 36.6 Å². The molecule has 3 heterocycles. The molecule has 0 aromatic rings. The molecule has 0 aromatic carbocycles. The summed E-state index contributed by atoms with van der Waals surface area (Å²) < 4.78 is 29.9. The SMILES string of the molecule is CO[C@@H]1C(O)/C(C)=C/[C@@H](C)C(O)C[C@@H]([C@H](C)CC2CC[C@@H](O)[C@H](OC)C2)OC(=O)[C@@H]2CCCCN2C(=O)C(=O)[C@]2(O)O[C@@H](CC[C@H]2C)C[C@H](OC)C(C)=CC=C/C=C/[C@@H](C)C[C@@H](C)C1C. The lowest BCUT2D eigenvalue weighted by Crippen LogP contribution is -2.61. The van der Waals surface area contributed by atoms with Crippen molar-refractivity contribution in [3.63, 3.8) is 0 Å². The minimum Gasteiger partial charge on any atom is -0.460 e. The summed E-state index contributed by atoms with van der Waals surface area (Å²) in [7, 11) is 4.82. The predicted molar refractivity (Wildman–Crippen MR) is 250 cm³/mol. The standard InChI is InChI=1S/C52H85NO12/c1-31-17-13-12-14-18-32(2)44(61-9)29-40-22-20-37(7)52(60,65-40)49(57)50(58)53-24-16-15-19-41(53)51(59)64-45(35(5)27-39-21-23-42(54)46(28-39)62-10)30-43(55)34(4)26-36(6)47(56)48(63-11)38(8)33(3)25-31/h12-14,17-18,26,31,33-35,37-48,54-56,60H,15-16,19-25,27-30H2,1-11H3/b14-12?,17-13+,32-18?,36-26+/t31-,33-,34-,35-,37-,38?,39?,40+,41+,42-,43?,44+,45+,46-,47?,48+,52-/m1/s1. The molecule has 1 saturated carbocycles. The molecule has 3 aliphatic heterocycles. The molecular weight excluding hydrogens is 831 g/mol. The van der Waals surface area contributed by atoms with Gasteiger partial charge in [0.15, 0.2) is 0 Å². The number of nitrogens with zero attached hydrogens (tertiary/aromatic N) is 1. The van der Waals surface area contributed by atoms with Gasteiger partial charge in [-0.15, -0.1) is 0 Å². The minimum atomic E-state index is -2.40. The summed E-state index contributed by atoms with van der Waals surface area (Å²) in [5.41, 5.74) is 1.60. The van der Waals surface area contributed by atoms with Crippen LogP contribution >= 0.6 is 0 Å². The largest absolute Gasteiger partial charge is 0.460 e. The Balaban J connectivity index is 1.70. The number of piperidine rings is 1. The lowest BCUT2D eigenvalue weighted by Gasteiger charge is -2.43. The number of carbonyl (C=O) groups excluding carboxylic acids is 3. The number of fused-ring (bicyclic) bond motifs is 3. The predicted octanol–water partition coefficient (Wildman–Crippen LogP) is 7.04. The van der Waals surface area contributed by atoms with Gasteiger partial charge in [0, 0.05) is 52.6 Å². The van der Waals surface area contributed by atoms with Gasteiger partial charge in [0.1, 0.15) is 18.2 Å². The molecule has 3 fully saturated rings. The number of amides is 1. The van der Waals surface area contributed by atoms with E-state index in [1.54, 1.807) is 28.3 Å². The Hall–Kier alpha value is -2.75. The van der Waals surface area contributed by atoms with E-state index in [2.05, 4.69) is 26.8 Å². The highest BCUT2D eigenvalue weighted by atomic mass is 16.6. The van der Waals surface area contributed by atoms with E-state index in [1.165, 1.54) is 4.90 Å². The van der Waals surface area contributed by atoms with E-state index in [0.29, 0.717) is 56.9 Å². The average Bonchev–Trinajstić information content (AvgIpc) is 3.28. The van der Waals surface area contributed by atoms with Crippen LogP contribution in [0.2, 0.25) is 0 Å². The summed E-state index contributed by atoms with van der Waals surface area (Å²) in [4.78, 5) is 44.2. The Labute approximate surface area is 390 Å². The van der Waals surface area contributed by atoms with Crippen molar-refractivity contribution in [3.8, 4) is 0 Å². The molecule has 1 amide bonds. The number of Topliss-reactive ketones (excluding diaryl/α,β-unsaturated/α-hetero) is 1. The van der Waals surface area contributed by atoms with Crippen LogP contribution in [0.15, 0.2) is 47.6 Å². The fourth-order valence-corrected chi connectivity index (χ4v) is 10.7. The van der Waals surface area contributed by atoms with Crippen LogP contribution < -0.4 is 0 Å². The maximum absolute atomic E-state index is 14.4. The first-order valence-corrected chi connectivity index (χ1v) is 24.5. The number of hydrogen-bond donors (Lipinski definition) is 4. The molecular formula is C52H85NO12. The molecule has 0 aromatic heterocycles. The molecule has 4 aliphatic rings. The molecule has 2 bridgehead atoms. The van der Waals surface area contributed by atoms with Crippen molar-refractivity contribution in [3.05, 3.63) is 47.6 Å². The molecule has 13 heteroatoms. The lowest BCUT2D eigenvalue weighted by molar-refractivity contribution is -0.265. The van der Waals surface area contributed by atoms with Gasteiger partial charge < -0.3 is 49.0 Å². The molecule has 4 N–H and O–H groups in total. The number of ketones is 1. The maximum atomic E-state index is 14.4. The van der Waals surface area contributed by atoms with Gasteiger partial charge in [-0.1, -0.05) is 78.0 Å². The Morgan fingerprint density at radius 1 is 0.815 bits per heavy atom. The summed E-state index contributed by atoms with van der Waals surface area (Å²) in [6.45, 7) is 15.9. The van der Waals surface area contributed by atoms with Crippen molar-refractivity contribution in [2.24, 2.45) is 41.4 Å². The summed E-state index contributed by atoms with van der Waals surface area (Å²) in [5, 5.41) is 46.0. The Morgan fingerprint density at radius 2 is 1.54 bits per heavy atom. The zero-order valence-electron chi connectivity index (χ0n) is 41.4. The monoisotopic (exact) mass is 916 g/mol. The molecule has 4 unspecified atom stereocenters. The van der Waals surface area contributed by atoms with Crippen molar-refractivity contribution >= 4 is 17.7 Å². The van der Waals surface area contributed by atoms with Crippen LogP contribution in [0, 0.1) is 41.4 Å². The second kappa shape index (κ2) is 25.6. The number of cyclic esters (lactones) is 1. The van der Waals surface area contributed by atoms with E-state index in [-0.39, 0.29) is 61.2 Å². The van der Waals surface area contributed by atoms with Gasteiger partial charge in [0.25, 0.3) is 11.7 Å². The zero-order chi connectivity index (χ0) is 48.2. The van der Waals surface area contributed by atoms with E-state index in [4.69, 9.17) is 23.7 Å². The highest BCUT2D eigenvalue weighted by Gasteiger charge is 2.53. The molecule has 2 saturated heterocycles. The zero-order valence-corrected chi connectivity index (χ0v) is 41.4. The topological polar surface area (TPSA) is 182 Å². The molecule has 1 aliphatic carbocycles. The average molecular weight is 916 g/mol. The summed E-state index contributed by atoms with van der Waals surface area (Å²) in [6.07, 6.45) is 13.4. The van der Waals surface area contributed by atoms with Crippen molar-refractivity contribution in [1.82, 2.24) is 4.90 Å². The summed E-state index contributed by atoms with van der Waals surface area (Å²) in [5.74, 6) is -5.85. The normalized spacial score (nSPS) is 41.4. The van der Waals surface area contributed by atoms with Crippen LogP contribution in [-0.4, -0.2) is 132 Å². The van der Waals surface area contributed by atoms with Crippen LogP contribution in [0.5, 0.6) is 0 Å². The number of esters is 1. The van der Waals surface area contributed by atoms with E-state index in [0.717, 1.165) is 18.4 Å². The number of hydrogen-bond acceptors (Lipinski definition) is 12. The maximum Gasteiger partial charge on any atom is 0.329 e. The third kappa shape index (κ3) is 14.6. The van der Waals surface area contributed by atoms with Crippen LogP contribution in [0.1, 0.15) is 132 Å². The van der Waals surface area contributed by atoms with E-state index < -0.39 is 77.9 Å². The fourth-order valence-electron chi connectivity index (χ4n) is 10.7. The minimum absolute atomic E-state index is 0.00898. The van der Waals surface area contributed by atoms with Gasteiger partial charge in [-0.2, -0.15) is 0 Å². The second-order valence-corrected chi connectivity index (χ2v) is 20.4. The van der Waals surface area contributed by atoms with Crippen molar-refractivity contribution in [2.75, 3.05) is 27.9 Å². The van der Waals surface area contributed by atoms with Crippen LogP contribution in [0.25, 0.3) is 0 Å². The highest BCUT2D eigenvalue weighted by molar-refractivity contribution is 6.39.